The van der Waals surface area contributed by atoms with E-state index in [1.54, 1.807) is 0 Å². The van der Waals surface area contributed by atoms with E-state index in [4.69, 9.17) is 16.3 Å². The summed E-state index contributed by atoms with van der Waals surface area (Å²) in [6.07, 6.45) is 0. The van der Waals surface area contributed by atoms with Crippen LogP contribution in [0.1, 0.15) is 45.7 Å². The molecule has 2 aromatic rings. The molecular weight excluding hydrogens is 314 g/mol. The zero-order chi connectivity index (χ0) is 18.1. The van der Waals surface area contributed by atoms with Crippen molar-refractivity contribution >= 4 is 24.5 Å². The van der Waals surface area contributed by atoms with Crippen LogP contribution < -0.4 is 5.46 Å². The van der Waals surface area contributed by atoms with Gasteiger partial charge in [0.05, 0.1) is 5.60 Å². The van der Waals surface area contributed by atoms with E-state index in [-0.39, 0.29) is 11.0 Å². The van der Waals surface area contributed by atoms with Crippen LogP contribution in [0.4, 0.5) is 0 Å². The molecule has 1 nitrogen and oxygen atoms in total. The highest BCUT2D eigenvalue weighted by atomic mass is 35.5. The SMILES string of the molecule is Cc1ccc(Cl)cc1-c1c(C)cccc1[B]OC(C)(C)C(C)(C)C. The molecular formula is C21H27BClO. The van der Waals surface area contributed by atoms with Crippen LogP contribution in [0.3, 0.4) is 0 Å². The Morgan fingerprint density at radius 1 is 0.917 bits per heavy atom. The molecule has 3 heteroatoms. The van der Waals surface area contributed by atoms with E-state index in [1.165, 1.54) is 16.7 Å². The van der Waals surface area contributed by atoms with Gasteiger partial charge >= 0.3 is 7.48 Å². The molecule has 0 aliphatic heterocycles. The molecule has 0 aliphatic carbocycles. The molecule has 0 bridgehead atoms. The van der Waals surface area contributed by atoms with Gasteiger partial charge in [0.15, 0.2) is 0 Å². The number of hydrogen-bond acceptors (Lipinski definition) is 1. The lowest BCUT2D eigenvalue weighted by molar-refractivity contribution is 0.00506. The minimum atomic E-state index is -0.266. The van der Waals surface area contributed by atoms with E-state index in [0.29, 0.717) is 0 Å². The van der Waals surface area contributed by atoms with Crippen molar-refractivity contribution < 1.29 is 4.65 Å². The van der Waals surface area contributed by atoms with Crippen molar-refractivity contribution in [3.05, 3.63) is 52.5 Å². The van der Waals surface area contributed by atoms with Gasteiger partial charge in [0, 0.05) is 5.02 Å². The Balaban J connectivity index is 2.43. The first-order valence-corrected chi connectivity index (χ1v) is 8.78. The lowest BCUT2D eigenvalue weighted by Crippen LogP contribution is -2.42. The van der Waals surface area contributed by atoms with Crippen molar-refractivity contribution in [1.82, 2.24) is 0 Å². The van der Waals surface area contributed by atoms with Gasteiger partial charge in [0.2, 0.25) is 0 Å². The van der Waals surface area contributed by atoms with Gasteiger partial charge in [-0.3, -0.25) is 0 Å². The lowest BCUT2D eigenvalue weighted by Gasteiger charge is -2.39. The van der Waals surface area contributed by atoms with Gasteiger partial charge in [-0.2, -0.15) is 0 Å². The Bertz CT molecular complexity index is 729. The quantitative estimate of drug-likeness (QED) is 0.647. The van der Waals surface area contributed by atoms with Gasteiger partial charge in [-0.1, -0.05) is 56.6 Å². The van der Waals surface area contributed by atoms with Crippen molar-refractivity contribution in [3.8, 4) is 11.1 Å². The summed E-state index contributed by atoms with van der Waals surface area (Å²) >= 11 is 6.24. The van der Waals surface area contributed by atoms with Crippen molar-refractivity contribution in [2.45, 2.75) is 54.1 Å². The van der Waals surface area contributed by atoms with E-state index >= 15 is 0 Å². The molecule has 2 aromatic carbocycles. The number of benzene rings is 2. The van der Waals surface area contributed by atoms with E-state index in [2.05, 4.69) is 72.7 Å². The molecule has 0 saturated carbocycles. The van der Waals surface area contributed by atoms with Crippen molar-refractivity contribution in [3.63, 3.8) is 0 Å². The molecule has 24 heavy (non-hydrogen) atoms. The number of rotatable bonds is 4. The minimum absolute atomic E-state index is 0.0411. The van der Waals surface area contributed by atoms with Crippen LogP contribution in [0, 0.1) is 19.3 Å². The summed E-state index contributed by atoms with van der Waals surface area (Å²) in [4.78, 5) is 0. The maximum atomic E-state index is 6.24. The second-order valence-corrected chi connectivity index (χ2v) is 8.43. The Morgan fingerprint density at radius 3 is 2.21 bits per heavy atom. The van der Waals surface area contributed by atoms with Crippen LogP contribution in [-0.4, -0.2) is 13.1 Å². The molecule has 0 aromatic heterocycles. The maximum absolute atomic E-state index is 6.24. The molecule has 0 atom stereocenters. The fraction of sp³-hybridized carbons (Fsp3) is 0.429. The maximum Gasteiger partial charge on any atom is 0.331 e. The van der Waals surface area contributed by atoms with Crippen LogP contribution in [0.2, 0.25) is 5.02 Å². The Hall–Kier alpha value is -1.25. The van der Waals surface area contributed by atoms with Crippen LogP contribution in [0.15, 0.2) is 36.4 Å². The standard InChI is InChI=1S/C21H27BClO/c1-14-11-12-16(23)13-17(14)19-15(2)9-8-10-18(19)22-24-21(6,7)20(3,4)5/h8-13H,1-7H3. The minimum Gasteiger partial charge on any atom is -0.429 e. The predicted molar refractivity (Wildman–Crippen MR) is 106 cm³/mol. The highest BCUT2D eigenvalue weighted by molar-refractivity contribution is 6.49. The third-order valence-electron chi connectivity index (χ3n) is 5.06. The number of halogens is 1. The summed E-state index contributed by atoms with van der Waals surface area (Å²) in [7, 11) is 1.90. The molecule has 2 rings (SSSR count). The molecule has 0 N–H and O–H groups in total. The third kappa shape index (κ3) is 4.04. The number of aryl methyl sites for hydroxylation is 2. The molecule has 0 fully saturated rings. The molecule has 0 saturated heterocycles. The fourth-order valence-corrected chi connectivity index (χ4v) is 2.58. The van der Waals surface area contributed by atoms with Gasteiger partial charge in [-0.25, -0.2) is 0 Å². The van der Waals surface area contributed by atoms with Gasteiger partial charge in [0.1, 0.15) is 0 Å². The van der Waals surface area contributed by atoms with E-state index < -0.39 is 0 Å². The monoisotopic (exact) mass is 341 g/mol. The van der Waals surface area contributed by atoms with Crippen LogP contribution in [0.25, 0.3) is 11.1 Å². The smallest absolute Gasteiger partial charge is 0.331 e. The fourth-order valence-electron chi connectivity index (χ4n) is 2.41. The Kier molecular flexibility index (Phi) is 5.52. The number of hydrogen-bond donors (Lipinski definition) is 0. The predicted octanol–water partition coefficient (Wildman–Crippen LogP) is 5.71. The lowest BCUT2D eigenvalue weighted by atomic mass is 9.74. The van der Waals surface area contributed by atoms with Gasteiger partial charge in [-0.15, -0.1) is 0 Å². The first-order chi connectivity index (χ1) is 11.0. The second kappa shape index (κ2) is 6.94. The first kappa shape index (κ1) is 19.1. The second-order valence-electron chi connectivity index (χ2n) is 7.99. The van der Waals surface area contributed by atoms with E-state index in [1.807, 2.05) is 19.6 Å². The summed E-state index contributed by atoms with van der Waals surface area (Å²) in [6.45, 7) is 15.1. The summed E-state index contributed by atoms with van der Waals surface area (Å²) in [5, 5.41) is 0.751. The average Bonchev–Trinajstić information content (AvgIpc) is 2.47. The summed E-state index contributed by atoms with van der Waals surface area (Å²) in [5.41, 5.74) is 5.62. The van der Waals surface area contributed by atoms with Crippen LogP contribution in [0.5, 0.6) is 0 Å². The molecule has 127 valence electrons. The van der Waals surface area contributed by atoms with Crippen molar-refractivity contribution in [2.75, 3.05) is 0 Å². The third-order valence-corrected chi connectivity index (χ3v) is 5.30. The normalized spacial score (nSPS) is 12.3. The first-order valence-electron chi connectivity index (χ1n) is 8.40. The Labute approximate surface area is 152 Å². The molecule has 0 amide bonds. The average molecular weight is 342 g/mol. The van der Waals surface area contributed by atoms with Crippen molar-refractivity contribution in [1.29, 1.82) is 0 Å². The topological polar surface area (TPSA) is 9.23 Å². The van der Waals surface area contributed by atoms with Gasteiger partial charge < -0.3 is 4.65 Å². The Morgan fingerprint density at radius 2 is 1.58 bits per heavy atom. The zero-order valence-electron chi connectivity index (χ0n) is 15.8. The van der Waals surface area contributed by atoms with Gasteiger partial charge in [0.25, 0.3) is 0 Å². The summed E-state index contributed by atoms with van der Waals surface area (Å²) in [6, 6.07) is 12.3. The van der Waals surface area contributed by atoms with E-state index in [9.17, 15) is 0 Å². The van der Waals surface area contributed by atoms with Gasteiger partial charge in [-0.05, 0) is 73.0 Å². The molecule has 0 heterocycles. The van der Waals surface area contributed by atoms with Crippen molar-refractivity contribution in [2.24, 2.45) is 5.41 Å². The molecule has 1 radical (unpaired) electrons. The molecule has 0 spiro atoms. The summed E-state index contributed by atoms with van der Waals surface area (Å²) in [5.74, 6) is 0. The zero-order valence-corrected chi connectivity index (χ0v) is 16.6. The molecule has 0 unspecified atom stereocenters. The summed E-state index contributed by atoms with van der Waals surface area (Å²) < 4.78 is 6.21. The van der Waals surface area contributed by atoms with E-state index in [0.717, 1.165) is 16.0 Å². The van der Waals surface area contributed by atoms with Crippen LogP contribution in [-0.2, 0) is 4.65 Å². The highest BCUT2D eigenvalue weighted by Gasteiger charge is 2.33. The molecule has 0 aliphatic rings. The highest BCUT2D eigenvalue weighted by Crippen LogP contribution is 2.33. The van der Waals surface area contributed by atoms with Crippen LogP contribution >= 0.6 is 11.6 Å². The largest absolute Gasteiger partial charge is 0.429 e.